The fourth-order valence-corrected chi connectivity index (χ4v) is 2.53. The van der Waals surface area contributed by atoms with E-state index in [1.807, 2.05) is 0 Å². The molecule has 3 atom stereocenters. The monoisotopic (exact) mass is 227 g/mol. The lowest BCUT2D eigenvalue weighted by Gasteiger charge is -2.31. The summed E-state index contributed by atoms with van der Waals surface area (Å²) < 4.78 is 0. The Morgan fingerprint density at radius 3 is 2.88 bits per heavy atom. The van der Waals surface area contributed by atoms with Crippen LogP contribution in [0.2, 0.25) is 0 Å². The van der Waals surface area contributed by atoms with Crippen LogP contribution in [0.3, 0.4) is 0 Å². The van der Waals surface area contributed by atoms with Crippen molar-refractivity contribution in [3.8, 4) is 0 Å². The zero-order chi connectivity index (χ0) is 12.0. The second-order valence-electron chi connectivity index (χ2n) is 5.04. The third kappa shape index (κ3) is 4.39. The molecule has 0 amide bonds. The Balaban J connectivity index is 2.37. The van der Waals surface area contributed by atoms with E-state index in [1.54, 1.807) is 0 Å². The first-order valence-corrected chi connectivity index (χ1v) is 6.38. The van der Waals surface area contributed by atoms with Gasteiger partial charge in [0.25, 0.3) is 0 Å². The van der Waals surface area contributed by atoms with Crippen molar-refractivity contribution in [2.45, 2.75) is 64.5 Å². The van der Waals surface area contributed by atoms with Gasteiger partial charge >= 0.3 is 0 Å². The van der Waals surface area contributed by atoms with Crippen LogP contribution in [0.4, 0.5) is 0 Å². The van der Waals surface area contributed by atoms with Crippen molar-refractivity contribution in [3.63, 3.8) is 0 Å². The van der Waals surface area contributed by atoms with Gasteiger partial charge in [0.15, 0.2) is 0 Å². The van der Waals surface area contributed by atoms with Crippen molar-refractivity contribution in [2.24, 2.45) is 16.8 Å². The maximum absolute atomic E-state index is 8.56. The van der Waals surface area contributed by atoms with Crippen LogP contribution in [-0.2, 0) is 0 Å². The van der Waals surface area contributed by atoms with Gasteiger partial charge in [-0.15, -0.1) is 0 Å². The topological polar surface area (TPSA) is 70.6 Å². The zero-order valence-electron chi connectivity index (χ0n) is 10.4. The summed E-state index contributed by atoms with van der Waals surface area (Å²) in [7, 11) is 0. The molecule has 0 radical (unpaired) electrons. The van der Waals surface area contributed by atoms with E-state index in [0.29, 0.717) is 24.3 Å². The van der Waals surface area contributed by atoms with E-state index in [2.05, 4.69) is 24.3 Å². The highest BCUT2D eigenvalue weighted by Crippen LogP contribution is 2.24. The van der Waals surface area contributed by atoms with Crippen LogP contribution in [0, 0.1) is 5.92 Å². The lowest BCUT2D eigenvalue weighted by atomic mass is 9.86. The molecule has 1 rings (SSSR count). The molecule has 0 bridgehead atoms. The van der Waals surface area contributed by atoms with Crippen LogP contribution in [-0.4, -0.2) is 23.1 Å². The highest BCUT2D eigenvalue weighted by molar-refractivity contribution is 5.80. The summed E-state index contributed by atoms with van der Waals surface area (Å²) in [6.07, 6.45) is 6.84. The van der Waals surface area contributed by atoms with Gasteiger partial charge in [0, 0.05) is 18.5 Å². The van der Waals surface area contributed by atoms with Crippen LogP contribution in [0.25, 0.3) is 0 Å². The SMILES string of the molecule is CCC(CC(N)=NO)NC1CCCC(C)C1. The molecule has 1 saturated carbocycles. The van der Waals surface area contributed by atoms with E-state index in [0.717, 1.165) is 12.3 Å². The minimum Gasteiger partial charge on any atom is -0.409 e. The van der Waals surface area contributed by atoms with Crippen LogP contribution >= 0.6 is 0 Å². The van der Waals surface area contributed by atoms with Crippen molar-refractivity contribution in [1.82, 2.24) is 5.32 Å². The maximum atomic E-state index is 8.56. The Kier molecular flexibility index (Phi) is 5.60. The number of oxime groups is 1. The van der Waals surface area contributed by atoms with Crippen LogP contribution in [0.1, 0.15) is 52.4 Å². The standard InChI is InChI=1S/C12H25N3O/c1-3-10(8-12(13)15-16)14-11-6-4-5-9(2)7-11/h9-11,14,16H,3-8H2,1-2H3,(H2,13,15). The second kappa shape index (κ2) is 6.74. The molecule has 1 fully saturated rings. The van der Waals surface area contributed by atoms with E-state index < -0.39 is 0 Å². The molecule has 0 saturated heterocycles. The summed E-state index contributed by atoms with van der Waals surface area (Å²) in [5.41, 5.74) is 5.54. The summed E-state index contributed by atoms with van der Waals surface area (Å²) in [6, 6.07) is 0.950. The lowest BCUT2D eigenvalue weighted by molar-refractivity contribution is 0.276. The number of nitrogens with zero attached hydrogens (tertiary/aromatic N) is 1. The Labute approximate surface area is 98.3 Å². The smallest absolute Gasteiger partial charge is 0.140 e. The number of hydrogen-bond donors (Lipinski definition) is 3. The van der Waals surface area contributed by atoms with Crippen LogP contribution in [0.15, 0.2) is 5.16 Å². The average molecular weight is 227 g/mol. The Morgan fingerprint density at radius 1 is 1.56 bits per heavy atom. The minimum absolute atomic E-state index is 0.322. The molecular formula is C12H25N3O. The summed E-state index contributed by atoms with van der Waals surface area (Å²) in [5.74, 6) is 1.15. The first kappa shape index (κ1) is 13.3. The molecule has 0 aromatic rings. The van der Waals surface area contributed by atoms with Crippen molar-refractivity contribution in [2.75, 3.05) is 0 Å². The van der Waals surface area contributed by atoms with E-state index in [9.17, 15) is 0 Å². The highest BCUT2D eigenvalue weighted by Gasteiger charge is 2.21. The predicted molar refractivity (Wildman–Crippen MR) is 66.7 cm³/mol. The Hall–Kier alpha value is -0.770. The molecule has 0 heterocycles. The molecule has 1 aliphatic rings. The third-order valence-electron chi connectivity index (χ3n) is 3.48. The number of hydrogen-bond acceptors (Lipinski definition) is 3. The summed E-state index contributed by atoms with van der Waals surface area (Å²) in [6.45, 7) is 4.45. The van der Waals surface area contributed by atoms with Crippen LogP contribution in [0.5, 0.6) is 0 Å². The molecule has 16 heavy (non-hydrogen) atoms. The molecule has 0 aromatic heterocycles. The molecule has 94 valence electrons. The van der Waals surface area contributed by atoms with Gasteiger partial charge in [-0.2, -0.15) is 0 Å². The first-order chi connectivity index (χ1) is 7.65. The molecule has 0 aromatic carbocycles. The van der Waals surface area contributed by atoms with Crippen molar-refractivity contribution in [1.29, 1.82) is 0 Å². The fourth-order valence-electron chi connectivity index (χ4n) is 2.53. The molecular weight excluding hydrogens is 202 g/mol. The van der Waals surface area contributed by atoms with E-state index in [-0.39, 0.29) is 0 Å². The van der Waals surface area contributed by atoms with Crippen LogP contribution < -0.4 is 11.1 Å². The maximum Gasteiger partial charge on any atom is 0.140 e. The van der Waals surface area contributed by atoms with Gasteiger partial charge < -0.3 is 16.3 Å². The van der Waals surface area contributed by atoms with Crippen molar-refractivity contribution < 1.29 is 5.21 Å². The molecule has 4 nitrogen and oxygen atoms in total. The zero-order valence-corrected chi connectivity index (χ0v) is 10.4. The van der Waals surface area contributed by atoms with Gasteiger partial charge in [0.1, 0.15) is 5.84 Å². The average Bonchev–Trinajstić information content (AvgIpc) is 2.28. The van der Waals surface area contributed by atoms with Crippen molar-refractivity contribution >= 4 is 5.84 Å². The normalized spacial score (nSPS) is 29.0. The molecule has 3 unspecified atom stereocenters. The summed E-state index contributed by atoms with van der Waals surface area (Å²) in [5, 5.41) is 15.2. The number of nitrogens with one attached hydrogen (secondary N) is 1. The highest BCUT2D eigenvalue weighted by atomic mass is 16.4. The molecule has 4 heteroatoms. The molecule has 0 spiro atoms. The second-order valence-corrected chi connectivity index (χ2v) is 5.04. The fraction of sp³-hybridized carbons (Fsp3) is 0.917. The number of nitrogens with two attached hydrogens (primary N) is 1. The first-order valence-electron chi connectivity index (χ1n) is 6.38. The third-order valence-corrected chi connectivity index (χ3v) is 3.48. The van der Waals surface area contributed by atoms with Gasteiger partial charge in [0.2, 0.25) is 0 Å². The van der Waals surface area contributed by atoms with E-state index >= 15 is 0 Å². The van der Waals surface area contributed by atoms with Gasteiger partial charge in [-0.05, 0) is 25.2 Å². The van der Waals surface area contributed by atoms with Gasteiger partial charge in [-0.25, -0.2) is 0 Å². The van der Waals surface area contributed by atoms with Gasteiger partial charge in [0.05, 0.1) is 0 Å². The van der Waals surface area contributed by atoms with E-state index in [4.69, 9.17) is 10.9 Å². The molecule has 1 aliphatic carbocycles. The molecule has 4 N–H and O–H groups in total. The summed E-state index contributed by atoms with van der Waals surface area (Å²) in [4.78, 5) is 0. The Morgan fingerprint density at radius 2 is 2.31 bits per heavy atom. The lowest BCUT2D eigenvalue weighted by Crippen LogP contribution is -2.42. The predicted octanol–water partition coefficient (Wildman–Crippen LogP) is 2.07. The van der Waals surface area contributed by atoms with Gasteiger partial charge in [-0.1, -0.05) is 31.8 Å². The number of rotatable bonds is 5. The summed E-state index contributed by atoms with van der Waals surface area (Å²) >= 11 is 0. The number of amidine groups is 1. The largest absolute Gasteiger partial charge is 0.409 e. The molecule has 0 aliphatic heterocycles. The van der Waals surface area contributed by atoms with Crippen molar-refractivity contribution in [3.05, 3.63) is 0 Å². The van der Waals surface area contributed by atoms with Gasteiger partial charge in [-0.3, -0.25) is 0 Å². The quantitative estimate of drug-likeness (QED) is 0.291. The van der Waals surface area contributed by atoms with E-state index in [1.165, 1.54) is 25.7 Å². The Bertz CT molecular complexity index is 230. The minimum atomic E-state index is 0.322.